The smallest absolute Gasteiger partial charge is 0.348 e. The van der Waals surface area contributed by atoms with E-state index in [9.17, 15) is 10.1 Å². The van der Waals surface area contributed by atoms with Crippen LogP contribution in [-0.2, 0) is 0 Å². The van der Waals surface area contributed by atoms with E-state index < -0.39 is 5.63 Å². The summed E-state index contributed by atoms with van der Waals surface area (Å²) in [7, 11) is 0. The maximum absolute atomic E-state index is 12.5. The van der Waals surface area contributed by atoms with Gasteiger partial charge >= 0.3 is 5.63 Å². The minimum Gasteiger partial charge on any atom is -0.422 e. The zero-order chi connectivity index (χ0) is 16.7. The number of fused-ring (bicyclic) bond motifs is 2. The number of nitrogens with zero attached hydrogens (tertiary/aromatic N) is 2. The second kappa shape index (κ2) is 5.21. The van der Waals surface area contributed by atoms with E-state index in [4.69, 9.17) is 9.83 Å². The Hall–Kier alpha value is -3.65. The largest absolute Gasteiger partial charge is 0.422 e. The summed E-state index contributed by atoms with van der Waals surface area (Å²) in [5, 5.41) is 18.5. The average Bonchev–Trinajstić information content (AvgIpc) is 2.62. The van der Waals surface area contributed by atoms with E-state index in [-0.39, 0.29) is 10.9 Å². The van der Waals surface area contributed by atoms with Crippen molar-refractivity contribution in [1.29, 1.82) is 10.7 Å². The first kappa shape index (κ1) is 14.0. The molecule has 0 unspecified atom stereocenters. The third kappa shape index (κ3) is 1.94. The molecule has 0 aliphatic heterocycles. The number of hydrogen-bond acceptors (Lipinski definition) is 4. The molecule has 0 bridgehead atoms. The Morgan fingerprint density at radius 3 is 2.58 bits per heavy atom. The molecule has 1 aromatic carbocycles. The Labute approximate surface area is 136 Å². The lowest BCUT2D eigenvalue weighted by Crippen LogP contribution is -2.21. The van der Waals surface area contributed by atoms with Gasteiger partial charge in [-0.25, -0.2) is 4.79 Å². The van der Waals surface area contributed by atoms with E-state index in [0.29, 0.717) is 22.2 Å². The van der Waals surface area contributed by atoms with Gasteiger partial charge in [-0.05, 0) is 18.2 Å². The molecule has 1 N–H and O–H groups in total. The summed E-state index contributed by atoms with van der Waals surface area (Å²) < 4.78 is 6.92. The molecular weight excluding hydrogens is 302 g/mol. The highest BCUT2D eigenvalue weighted by molar-refractivity contribution is 5.93. The van der Waals surface area contributed by atoms with E-state index in [1.54, 1.807) is 30.5 Å². The maximum Gasteiger partial charge on any atom is 0.348 e. The standard InChI is InChI=1S/C19H11N3O2/c20-11-14-13-10-16(12-6-2-1-3-7-12)24-19(23)17(13)18(21)22-9-5-4-8-15(14)22/h1-10,21H. The molecule has 5 heteroatoms. The molecule has 0 aliphatic carbocycles. The minimum atomic E-state index is -0.619. The molecule has 4 aromatic rings. The van der Waals surface area contributed by atoms with Crippen molar-refractivity contribution < 1.29 is 4.42 Å². The lowest BCUT2D eigenvalue weighted by molar-refractivity contribution is 0.533. The van der Waals surface area contributed by atoms with E-state index in [1.165, 1.54) is 4.40 Å². The van der Waals surface area contributed by atoms with Crippen LogP contribution in [0.1, 0.15) is 5.56 Å². The molecule has 0 saturated heterocycles. The Morgan fingerprint density at radius 2 is 1.83 bits per heavy atom. The van der Waals surface area contributed by atoms with Crippen molar-refractivity contribution in [2.24, 2.45) is 0 Å². The Morgan fingerprint density at radius 1 is 1.08 bits per heavy atom. The number of rotatable bonds is 1. The first-order valence-electron chi connectivity index (χ1n) is 7.32. The lowest BCUT2D eigenvalue weighted by atomic mass is 10.0. The zero-order valence-corrected chi connectivity index (χ0v) is 12.5. The molecule has 3 heterocycles. The van der Waals surface area contributed by atoms with Gasteiger partial charge in [0.15, 0.2) is 0 Å². The van der Waals surface area contributed by atoms with Crippen molar-refractivity contribution >= 4 is 16.3 Å². The monoisotopic (exact) mass is 313 g/mol. The van der Waals surface area contributed by atoms with Gasteiger partial charge in [0.2, 0.25) is 0 Å². The molecule has 24 heavy (non-hydrogen) atoms. The quantitative estimate of drug-likeness (QED) is 0.548. The number of benzene rings is 1. The highest BCUT2D eigenvalue weighted by atomic mass is 16.4. The molecule has 0 spiro atoms. The molecule has 0 saturated carbocycles. The summed E-state index contributed by atoms with van der Waals surface area (Å²) >= 11 is 0. The van der Waals surface area contributed by atoms with Gasteiger partial charge in [-0.3, -0.25) is 5.41 Å². The molecular formula is C19H11N3O2. The maximum atomic E-state index is 12.5. The molecule has 0 amide bonds. The van der Waals surface area contributed by atoms with Gasteiger partial charge in [0.25, 0.3) is 0 Å². The van der Waals surface area contributed by atoms with Crippen LogP contribution in [0.4, 0.5) is 0 Å². The highest BCUT2D eigenvalue weighted by Crippen LogP contribution is 2.24. The van der Waals surface area contributed by atoms with E-state index >= 15 is 0 Å². The van der Waals surface area contributed by atoms with Crippen LogP contribution in [0.15, 0.2) is 70.0 Å². The van der Waals surface area contributed by atoms with Gasteiger partial charge in [0.05, 0.1) is 11.1 Å². The lowest BCUT2D eigenvalue weighted by Gasteiger charge is -2.09. The van der Waals surface area contributed by atoms with Gasteiger partial charge in [-0.1, -0.05) is 36.4 Å². The molecule has 0 atom stereocenters. The number of hydrogen-bond donors (Lipinski definition) is 1. The molecule has 0 fully saturated rings. The van der Waals surface area contributed by atoms with Crippen LogP contribution in [-0.4, -0.2) is 4.40 Å². The fraction of sp³-hybridized carbons (Fsp3) is 0. The molecule has 0 aliphatic rings. The third-order valence-electron chi connectivity index (χ3n) is 3.98. The van der Waals surface area contributed by atoms with Gasteiger partial charge in [-0.2, -0.15) is 5.26 Å². The number of aromatic nitrogens is 1. The van der Waals surface area contributed by atoms with Gasteiger partial charge in [0.1, 0.15) is 22.7 Å². The van der Waals surface area contributed by atoms with E-state index in [2.05, 4.69) is 6.07 Å². The summed E-state index contributed by atoms with van der Waals surface area (Å²) in [6.45, 7) is 0. The van der Waals surface area contributed by atoms with Crippen LogP contribution >= 0.6 is 0 Å². The first-order chi connectivity index (χ1) is 11.7. The second-order valence-electron chi connectivity index (χ2n) is 5.34. The van der Waals surface area contributed by atoms with Crippen LogP contribution in [0.3, 0.4) is 0 Å². The van der Waals surface area contributed by atoms with E-state index in [0.717, 1.165) is 5.56 Å². The van der Waals surface area contributed by atoms with Crippen molar-refractivity contribution in [2.45, 2.75) is 0 Å². The Balaban J connectivity index is 2.23. The van der Waals surface area contributed by atoms with Crippen molar-refractivity contribution in [3.8, 4) is 17.4 Å². The molecule has 0 radical (unpaired) electrons. The van der Waals surface area contributed by atoms with Gasteiger partial charge in [-0.15, -0.1) is 0 Å². The third-order valence-corrected chi connectivity index (χ3v) is 3.98. The van der Waals surface area contributed by atoms with Gasteiger partial charge < -0.3 is 8.82 Å². The fourth-order valence-corrected chi connectivity index (χ4v) is 2.88. The van der Waals surface area contributed by atoms with Crippen molar-refractivity contribution in [1.82, 2.24) is 4.40 Å². The van der Waals surface area contributed by atoms with Crippen molar-refractivity contribution in [3.05, 3.63) is 82.3 Å². The summed E-state index contributed by atoms with van der Waals surface area (Å²) in [5.41, 5.74) is 1.07. The van der Waals surface area contributed by atoms with Crippen LogP contribution in [0.2, 0.25) is 0 Å². The average molecular weight is 313 g/mol. The van der Waals surface area contributed by atoms with Gasteiger partial charge in [0, 0.05) is 17.1 Å². The van der Waals surface area contributed by atoms with Crippen LogP contribution in [0.5, 0.6) is 0 Å². The number of nitriles is 1. The van der Waals surface area contributed by atoms with Crippen molar-refractivity contribution in [3.63, 3.8) is 0 Å². The normalized spacial score (nSPS) is 10.8. The molecule has 114 valence electrons. The Bertz CT molecular complexity index is 1250. The van der Waals surface area contributed by atoms with Crippen LogP contribution in [0, 0.1) is 16.7 Å². The highest BCUT2D eigenvalue weighted by Gasteiger charge is 2.15. The molecule has 5 nitrogen and oxygen atoms in total. The molecule has 4 rings (SSSR count). The van der Waals surface area contributed by atoms with Crippen LogP contribution in [0.25, 0.3) is 27.6 Å². The summed E-state index contributed by atoms with van der Waals surface area (Å²) in [4.78, 5) is 12.5. The number of pyridine rings is 2. The minimum absolute atomic E-state index is 0.00737. The van der Waals surface area contributed by atoms with Crippen LogP contribution < -0.4 is 11.1 Å². The first-order valence-corrected chi connectivity index (χ1v) is 7.32. The predicted octanol–water partition coefficient (Wildman–Crippen LogP) is 3.06. The molecule has 3 aromatic heterocycles. The van der Waals surface area contributed by atoms with E-state index in [1.807, 2.05) is 30.3 Å². The summed E-state index contributed by atoms with van der Waals surface area (Å²) in [6.07, 6.45) is 1.66. The topological polar surface area (TPSA) is 82.3 Å². The van der Waals surface area contributed by atoms with Crippen molar-refractivity contribution in [2.75, 3.05) is 0 Å². The second-order valence-corrected chi connectivity index (χ2v) is 5.34. The predicted molar refractivity (Wildman–Crippen MR) is 89.4 cm³/mol. The SMILES string of the molecule is N#Cc1c2cc(-c3ccccc3)oc(=O)c2c(=N)n2ccccc12. The fourth-order valence-electron chi connectivity index (χ4n) is 2.88. The number of nitrogens with one attached hydrogen (secondary N) is 1. The summed E-state index contributed by atoms with van der Waals surface area (Å²) in [5.74, 6) is 0.379. The zero-order valence-electron chi connectivity index (χ0n) is 12.5. The summed E-state index contributed by atoms with van der Waals surface area (Å²) in [6, 6.07) is 18.3. The Kier molecular flexibility index (Phi) is 3.04.